The van der Waals surface area contributed by atoms with Crippen LogP contribution in [-0.2, 0) is 6.54 Å². The van der Waals surface area contributed by atoms with E-state index in [2.05, 4.69) is 28.1 Å². The smallest absolute Gasteiger partial charge is 0.169 e. The lowest BCUT2D eigenvalue weighted by Crippen LogP contribution is -2.49. The molecule has 1 aromatic heterocycles. The molecule has 3 rings (SSSR count). The Kier molecular flexibility index (Phi) is 7.81. The van der Waals surface area contributed by atoms with Crippen molar-refractivity contribution in [1.82, 2.24) is 15.1 Å². The van der Waals surface area contributed by atoms with Gasteiger partial charge in [0.25, 0.3) is 0 Å². The average Bonchev–Trinajstić information content (AvgIpc) is 3.28. The van der Waals surface area contributed by atoms with Gasteiger partial charge in [0.15, 0.2) is 5.11 Å². The number of hydrogen-bond acceptors (Lipinski definition) is 3. The first-order chi connectivity index (χ1) is 12.8. The Labute approximate surface area is 164 Å². The van der Waals surface area contributed by atoms with Crippen molar-refractivity contribution in [3.05, 3.63) is 24.2 Å². The number of nitrogens with one attached hydrogen (secondary N) is 1. The molecule has 26 heavy (non-hydrogen) atoms. The first kappa shape index (κ1) is 19.7. The van der Waals surface area contributed by atoms with Gasteiger partial charge in [-0.1, -0.05) is 39.0 Å². The quantitative estimate of drug-likeness (QED) is 0.735. The topological polar surface area (TPSA) is 31.6 Å². The minimum atomic E-state index is 0.535. The van der Waals surface area contributed by atoms with Crippen LogP contribution in [0.25, 0.3) is 0 Å². The molecule has 1 aliphatic heterocycles. The highest BCUT2D eigenvalue weighted by molar-refractivity contribution is 7.80. The standard InChI is InChI=1S/C21H35N3OS/c1-2-23-14-8-12-19(23)16-24(17-20-13-9-15-25-20)21(26)22-18-10-6-4-3-5-7-11-18/h9,13,15,18-19H,2-8,10-12,14,16-17H2,1H3,(H,22,26). The number of likely N-dealkylation sites (N-methyl/N-ethyl adjacent to an activating group) is 1. The highest BCUT2D eigenvalue weighted by Gasteiger charge is 2.27. The molecule has 1 atom stereocenters. The van der Waals surface area contributed by atoms with Crippen molar-refractivity contribution in [1.29, 1.82) is 0 Å². The largest absolute Gasteiger partial charge is 0.467 e. The SMILES string of the molecule is CCN1CCCC1CN(Cc1ccco1)C(=S)NC1CCCCCCC1. The van der Waals surface area contributed by atoms with Crippen LogP contribution in [0, 0.1) is 0 Å². The number of hydrogen-bond donors (Lipinski definition) is 1. The molecule has 2 fully saturated rings. The summed E-state index contributed by atoms with van der Waals surface area (Å²) in [6.45, 7) is 6.37. The number of rotatable bonds is 6. The lowest BCUT2D eigenvalue weighted by Gasteiger charge is -2.33. The molecule has 1 aromatic rings. The maximum Gasteiger partial charge on any atom is 0.169 e. The molecule has 0 aromatic carbocycles. The van der Waals surface area contributed by atoms with Crippen molar-refractivity contribution in [2.75, 3.05) is 19.6 Å². The maximum absolute atomic E-state index is 5.87. The van der Waals surface area contributed by atoms with Crippen molar-refractivity contribution in [3.8, 4) is 0 Å². The molecule has 0 spiro atoms. The van der Waals surface area contributed by atoms with E-state index in [1.54, 1.807) is 6.26 Å². The Morgan fingerprint density at radius 3 is 2.65 bits per heavy atom. The molecule has 0 amide bonds. The van der Waals surface area contributed by atoms with E-state index < -0.39 is 0 Å². The molecule has 1 saturated heterocycles. The first-order valence-electron chi connectivity index (χ1n) is 10.6. The molecule has 1 unspecified atom stereocenters. The highest BCUT2D eigenvalue weighted by Crippen LogP contribution is 2.21. The Hall–Kier alpha value is -1.07. The van der Waals surface area contributed by atoms with Crippen LogP contribution in [0.3, 0.4) is 0 Å². The summed E-state index contributed by atoms with van der Waals surface area (Å²) >= 11 is 5.87. The van der Waals surface area contributed by atoms with Gasteiger partial charge in [-0.05, 0) is 63.1 Å². The van der Waals surface area contributed by atoms with Gasteiger partial charge in [0.05, 0.1) is 12.8 Å². The molecule has 5 heteroatoms. The third kappa shape index (κ3) is 5.71. The Bertz CT molecular complexity index is 525. The van der Waals surface area contributed by atoms with Gasteiger partial charge in [0.2, 0.25) is 0 Å². The molecule has 2 aliphatic rings. The zero-order chi connectivity index (χ0) is 18.2. The van der Waals surface area contributed by atoms with Gasteiger partial charge < -0.3 is 14.6 Å². The van der Waals surface area contributed by atoms with Crippen molar-refractivity contribution in [3.63, 3.8) is 0 Å². The average molecular weight is 378 g/mol. The number of nitrogens with zero attached hydrogens (tertiary/aromatic N) is 2. The van der Waals surface area contributed by atoms with E-state index in [-0.39, 0.29) is 0 Å². The van der Waals surface area contributed by atoms with Crippen LogP contribution in [0.5, 0.6) is 0 Å². The van der Waals surface area contributed by atoms with E-state index in [1.165, 1.54) is 64.3 Å². The summed E-state index contributed by atoms with van der Waals surface area (Å²) in [4.78, 5) is 4.93. The predicted octanol–water partition coefficient (Wildman–Crippen LogP) is 4.55. The second-order valence-corrected chi connectivity index (χ2v) is 8.26. The van der Waals surface area contributed by atoms with Gasteiger partial charge in [-0.2, -0.15) is 0 Å². The molecular weight excluding hydrogens is 342 g/mol. The number of thiocarbonyl (C=S) groups is 1. The third-order valence-electron chi connectivity index (χ3n) is 5.98. The summed E-state index contributed by atoms with van der Waals surface area (Å²) in [5.74, 6) is 0.993. The molecule has 1 N–H and O–H groups in total. The van der Waals surface area contributed by atoms with Crippen LogP contribution in [-0.4, -0.2) is 46.6 Å². The monoisotopic (exact) mass is 377 g/mol. The van der Waals surface area contributed by atoms with Crippen molar-refractivity contribution in [2.45, 2.75) is 83.3 Å². The lowest BCUT2D eigenvalue weighted by atomic mass is 9.97. The van der Waals surface area contributed by atoms with Crippen molar-refractivity contribution >= 4 is 17.3 Å². The fraction of sp³-hybridized carbons (Fsp3) is 0.762. The zero-order valence-electron chi connectivity index (χ0n) is 16.3. The predicted molar refractivity (Wildman–Crippen MR) is 111 cm³/mol. The highest BCUT2D eigenvalue weighted by atomic mass is 32.1. The van der Waals surface area contributed by atoms with Gasteiger partial charge in [-0.15, -0.1) is 0 Å². The first-order valence-corrected chi connectivity index (χ1v) is 11.0. The molecule has 0 bridgehead atoms. The third-order valence-corrected chi connectivity index (χ3v) is 6.36. The summed E-state index contributed by atoms with van der Waals surface area (Å²) in [5.41, 5.74) is 0. The Morgan fingerprint density at radius 2 is 1.96 bits per heavy atom. The summed E-state index contributed by atoms with van der Waals surface area (Å²) in [7, 11) is 0. The molecule has 2 heterocycles. The van der Waals surface area contributed by atoms with Gasteiger partial charge in [-0.25, -0.2) is 0 Å². The molecule has 0 radical (unpaired) electrons. The second-order valence-electron chi connectivity index (χ2n) is 7.88. The van der Waals surface area contributed by atoms with E-state index in [0.717, 1.165) is 30.5 Å². The van der Waals surface area contributed by atoms with E-state index in [1.807, 2.05) is 6.07 Å². The second kappa shape index (κ2) is 10.3. The van der Waals surface area contributed by atoms with Crippen LogP contribution < -0.4 is 5.32 Å². The van der Waals surface area contributed by atoms with Crippen LogP contribution >= 0.6 is 12.2 Å². The van der Waals surface area contributed by atoms with Crippen molar-refractivity contribution in [2.24, 2.45) is 0 Å². The number of furan rings is 1. The van der Waals surface area contributed by atoms with E-state index in [9.17, 15) is 0 Å². The van der Waals surface area contributed by atoms with E-state index >= 15 is 0 Å². The van der Waals surface area contributed by atoms with Crippen LogP contribution in [0.15, 0.2) is 22.8 Å². The molecule has 4 nitrogen and oxygen atoms in total. The zero-order valence-corrected chi connectivity index (χ0v) is 17.1. The minimum Gasteiger partial charge on any atom is -0.467 e. The molecule has 1 saturated carbocycles. The summed E-state index contributed by atoms with van der Waals surface area (Å²) in [5, 5.41) is 4.62. The fourth-order valence-electron chi connectivity index (χ4n) is 4.45. The van der Waals surface area contributed by atoms with Gasteiger partial charge in [0, 0.05) is 18.6 Å². The normalized spacial score (nSPS) is 22.7. The van der Waals surface area contributed by atoms with Crippen LogP contribution in [0.2, 0.25) is 0 Å². The van der Waals surface area contributed by atoms with Gasteiger partial charge in [-0.3, -0.25) is 4.90 Å². The Morgan fingerprint density at radius 1 is 1.19 bits per heavy atom. The molecular formula is C21H35N3OS. The minimum absolute atomic E-state index is 0.535. The maximum atomic E-state index is 5.87. The molecule has 146 valence electrons. The summed E-state index contributed by atoms with van der Waals surface area (Å²) in [6, 6.07) is 5.16. The Balaban J connectivity index is 1.62. The van der Waals surface area contributed by atoms with Gasteiger partial charge in [0.1, 0.15) is 5.76 Å². The van der Waals surface area contributed by atoms with Crippen molar-refractivity contribution < 1.29 is 4.42 Å². The van der Waals surface area contributed by atoms with Crippen LogP contribution in [0.4, 0.5) is 0 Å². The van der Waals surface area contributed by atoms with E-state index in [0.29, 0.717) is 12.1 Å². The van der Waals surface area contributed by atoms with E-state index in [4.69, 9.17) is 16.6 Å². The number of likely N-dealkylation sites (tertiary alicyclic amines) is 1. The lowest BCUT2D eigenvalue weighted by molar-refractivity contribution is 0.212. The van der Waals surface area contributed by atoms with Gasteiger partial charge >= 0.3 is 0 Å². The summed E-state index contributed by atoms with van der Waals surface area (Å²) < 4.78 is 5.62. The summed E-state index contributed by atoms with van der Waals surface area (Å²) in [6.07, 6.45) is 13.6. The van der Waals surface area contributed by atoms with Crippen LogP contribution in [0.1, 0.15) is 70.5 Å². The molecule has 1 aliphatic carbocycles. The fourth-order valence-corrected chi connectivity index (χ4v) is 4.75.